The molecule has 32 heavy (non-hydrogen) atoms. The van der Waals surface area contributed by atoms with Gasteiger partial charge < -0.3 is 15.4 Å². The van der Waals surface area contributed by atoms with Gasteiger partial charge in [0.1, 0.15) is 0 Å². The summed E-state index contributed by atoms with van der Waals surface area (Å²) in [5.74, 6) is -0.180. The first-order valence-electron chi connectivity index (χ1n) is 11.0. The summed E-state index contributed by atoms with van der Waals surface area (Å²) >= 11 is 0. The van der Waals surface area contributed by atoms with Gasteiger partial charge in [-0.15, -0.1) is 0 Å². The van der Waals surface area contributed by atoms with Gasteiger partial charge in [-0.05, 0) is 29.2 Å². The van der Waals surface area contributed by atoms with Crippen LogP contribution in [0.15, 0.2) is 54.6 Å². The molecule has 2 N–H and O–H groups in total. The molecule has 1 aliphatic rings. The van der Waals surface area contributed by atoms with E-state index in [0.717, 1.165) is 5.56 Å². The lowest BCUT2D eigenvalue weighted by molar-refractivity contribution is -0.126. The quantitative estimate of drug-likeness (QED) is 0.650. The number of anilines is 1. The molecule has 1 heterocycles. The molecule has 0 aliphatic carbocycles. The molecule has 2 atom stereocenters. The van der Waals surface area contributed by atoms with Crippen LogP contribution in [0, 0.1) is 11.8 Å². The molecule has 2 aromatic rings. The van der Waals surface area contributed by atoms with Crippen molar-refractivity contribution in [3.8, 4) is 0 Å². The molecule has 170 valence electrons. The van der Waals surface area contributed by atoms with E-state index in [1.54, 1.807) is 24.3 Å². The maximum atomic E-state index is 13.1. The number of cyclic esters (lactones) is 1. The predicted molar refractivity (Wildman–Crippen MR) is 123 cm³/mol. The predicted octanol–water partition coefficient (Wildman–Crippen LogP) is 4.12. The molecule has 0 bridgehead atoms. The SMILES string of the molecule is CC(C)CNC(=O)C1C(c2ccc(NC(=O)C(C)C)cc2)OC(=O)N1Cc1ccccc1. The van der Waals surface area contributed by atoms with Crippen LogP contribution in [0.1, 0.15) is 44.9 Å². The van der Waals surface area contributed by atoms with Crippen molar-refractivity contribution in [2.24, 2.45) is 11.8 Å². The second-order valence-electron chi connectivity index (χ2n) is 8.77. The van der Waals surface area contributed by atoms with Gasteiger partial charge in [0.15, 0.2) is 12.1 Å². The molecule has 2 unspecified atom stereocenters. The summed E-state index contributed by atoms with van der Waals surface area (Å²) < 4.78 is 5.67. The number of hydrogen-bond donors (Lipinski definition) is 2. The van der Waals surface area contributed by atoms with E-state index < -0.39 is 18.2 Å². The van der Waals surface area contributed by atoms with Crippen LogP contribution in [0.2, 0.25) is 0 Å². The Bertz CT molecular complexity index is 941. The lowest BCUT2D eigenvalue weighted by atomic mass is 10.00. The maximum absolute atomic E-state index is 13.1. The van der Waals surface area contributed by atoms with Crippen LogP contribution < -0.4 is 10.6 Å². The Morgan fingerprint density at radius 3 is 2.25 bits per heavy atom. The van der Waals surface area contributed by atoms with Crippen LogP contribution >= 0.6 is 0 Å². The summed E-state index contributed by atoms with van der Waals surface area (Å²) in [5.41, 5.74) is 2.26. The number of rotatable bonds is 8. The van der Waals surface area contributed by atoms with Gasteiger partial charge in [0.2, 0.25) is 11.8 Å². The first-order chi connectivity index (χ1) is 15.3. The van der Waals surface area contributed by atoms with Crippen molar-refractivity contribution in [3.05, 3.63) is 65.7 Å². The third-order valence-corrected chi connectivity index (χ3v) is 5.26. The van der Waals surface area contributed by atoms with E-state index in [2.05, 4.69) is 10.6 Å². The highest BCUT2D eigenvalue weighted by Gasteiger charge is 2.46. The second-order valence-corrected chi connectivity index (χ2v) is 8.77. The molecule has 7 nitrogen and oxygen atoms in total. The normalized spacial score (nSPS) is 18.1. The number of amides is 3. The fourth-order valence-corrected chi connectivity index (χ4v) is 3.44. The van der Waals surface area contributed by atoms with E-state index in [1.165, 1.54) is 4.90 Å². The van der Waals surface area contributed by atoms with Crippen LogP contribution in [0.3, 0.4) is 0 Å². The molecular weight excluding hydrogens is 406 g/mol. The molecule has 1 aliphatic heterocycles. The minimum atomic E-state index is -0.794. The number of carbonyl (C=O) groups excluding carboxylic acids is 3. The smallest absolute Gasteiger partial charge is 0.411 e. The van der Waals surface area contributed by atoms with Crippen LogP contribution in [0.25, 0.3) is 0 Å². The van der Waals surface area contributed by atoms with Gasteiger partial charge in [-0.2, -0.15) is 0 Å². The van der Waals surface area contributed by atoms with E-state index >= 15 is 0 Å². The molecule has 0 radical (unpaired) electrons. The standard InChI is InChI=1S/C25H31N3O4/c1-16(2)14-26-24(30)21-22(19-10-12-20(13-11-19)27-23(29)17(3)4)32-25(31)28(21)15-18-8-6-5-7-9-18/h5-13,16-17,21-22H,14-15H2,1-4H3,(H,26,30)(H,27,29). The van der Waals surface area contributed by atoms with Gasteiger partial charge in [0.25, 0.3) is 0 Å². The molecule has 3 rings (SSSR count). The fraction of sp³-hybridized carbons (Fsp3) is 0.400. The Morgan fingerprint density at radius 2 is 1.66 bits per heavy atom. The molecule has 2 aromatic carbocycles. The van der Waals surface area contributed by atoms with E-state index in [0.29, 0.717) is 17.8 Å². The Kier molecular flexibility index (Phi) is 7.51. The van der Waals surface area contributed by atoms with Gasteiger partial charge in [-0.3, -0.25) is 14.5 Å². The summed E-state index contributed by atoms with van der Waals surface area (Å²) in [6, 6.07) is 15.8. The minimum absolute atomic E-state index is 0.0787. The van der Waals surface area contributed by atoms with Crippen molar-refractivity contribution in [2.45, 2.75) is 46.4 Å². The van der Waals surface area contributed by atoms with Gasteiger partial charge in [-0.1, -0.05) is 70.2 Å². The lowest BCUT2D eigenvalue weighted by Crippen LogP contribution is -2.47. The molecule has 1 fully saturated rings. The Labute approximate surface area is 189 Å². The van der Waals surface area contributed by atoms with Crippen LogP contribution in [0.5, 0.6) is 0 Å². The van der Waals surface area contributed by atoms with Crippen molar-refractivity contribution in [1.29, 1.82) is 0 Å². The number of benzene rings is 2. The summed E-state index contributed by atoms with van der Waals surface area (Å²) in [5, 5.41) is 5.78. The Morgan fingerprint density at radius 1 is 1.00 bits per heavy atom. The average Bonchev–Trinajstić information content (AvgIpc) is 3.09. The molecule has 0 saturated carbocycles. The van der Waals surface area contributed by atoms with E-state index in [9.17, 15) is 14.4 Å². The highest BCUT2D eigenvalue weighted by molar-refractivity contribution is 5.92. The molecule has 1 saturated heterocycles. The van der Waals surface area contributed by atoms with Crippen molar-refractivity contribution in [3.63, 3.8) is 0 Å². The first-order valence-corrected chi connectivity index (χ1v) is 11.0. The number of nitrogens with one attached hydrogen (secondary N) is 2. The topological polar surface area (TPSA) is 87.7 Å². The zero-order chi connectivity index (χ0) is 23.3. The van der Waals surface area contributed by atoms with Crippen molar-refractivity contribution >= 4 is 23.6 Å². The first kappa shape index (κ1) is 23.3. The number of carbonyl (C=O) groups is 3. The summed E-state index contributed by atoms with van der Waals surface area (Å²) in [4.78, 5) is 39.3. The fourth-order valence-electron chi connectivity index (χ4n) is 3.44. The number of nitrogens with zero attached hydrogens (tertiary/aromatic N) is 1. The third-order valence-electron chi connectivity index (χ3n) is 5.26. The zero-order valence-electron chi connectivity index (χ0n) is 19.0. The summed E-state index contributed by atoms with van der Waals surface area (Å²) in [6.45, 7) is 8.46. The van der Waals surface area contributed by atoms with Crippen molar-refractivity contribution in [1.82, 2.24) is 10.2 Å². The largest absolute Gasteiger partial charge is 0.438 e. The van der Waals surface area contributed by atoms with Crippen molar-refractivity contribution in [2.75, 3.05) is 11.9 Å². The number of ether oxygens (including phenoxy) is 1. The average molecular weight is 438 g/mol. The van der Waals surface area contributed by atoms with Crippen LogP contribution in [-0.2, 0) is 20.9 Å². The molecule has 0 spiro atoms. The van der Waals surface area contributed by atoms with Gasteiger partial charge in [-0.25, -0.2) is 4.79 Å². The maximum Gasteiger partial charge on any atom is 0.411 e. The van der Waals surface area contributed by atoms with E-state index in [-0.39, 0.29) is 30.2 Å². The minimum Gasteiger partial charge on any atom is -0.438 e. The Balaban J connectivity index is 1.84. The molecule has 3 amide bonds. The van der Waals surface area contributed by atoms with E-state index in [1.807, 2.05) is 58.0 Å². The van der Waals surface area contributed by atoms with E-state index in [4.69, 9.17) is 4.74 Å². The van der Waals surface area contributed by atoms with Gasteiger partial charge >= 0.3 is 6.09 Å². The third kappa shape index (κ3) is 5.66. The lowest BCUT2D eigenvalue weighted by Gasteiger charge is -2.24. The highest BCUT2D eigenvalue weighted by atomic mass is 16.6. The zero-order valence-corrected chi connectivity index (χ0v) is 19.0. The van der Waals surface area contributed by atoms with Crippen molar-refractivity contribution < 1.29 is 19.1 Å². The van der Waals surface area contributed by atoms with Crippen LogP contribution in [0.4, 0.5) is 10.5 Å². The second kappa shape index (κ2) is 10.3. The number of hydrogen-bond acceptors (Lipinski definition) is 4. The van der Waals surface area contributed by atoms with Gasteiger partial charge in [0, 0.05) is 18.2 Å². The Hall–Kier alpha value is -3.35. The summed E-state index contributed by atoms with van der Waals surface area (Å²) in [6.07, 6.45) is -1.27. The monoisotopic (exact) mass is 437 g/mol. The molecule has 0 aromatic heterocycles. The van der Waals surface area contributed by atoms with Crippen LogP contribution in [-0.4, -0.2) is 35.4 Å². The van der Waals surface area contributed by atoms with Gasteiger partial charge in [0.05, 0.1) is 6.54 Å². The molecule has 7 heteroatoms. The summed E-state index contributed by atoms with van der Waals surface area (Å²) in [7, 11) is 0. The molecular formula is C25H31N3O4. The highest BCUT2D eigenvalue weighted by Crippen LogP contribution is 2.34.